The lowest BCUT2D eigenvalue weighted by Gasteiger charge is -2.22. The summed E-state index contributed by atoms with van der Waals surface area (Å²) in [7, 11) is 2.16. The van der Waals surface area contributed by atoms with Crippen molar-refractivity contribution in [3.8, 4) is 11.4 Å². The molecule has 0 aliphatic heterocycles. The van der Waals surface area contributed by atoms with Crippen LogP contribution >= 0.6 is 0 Å². The van der Waals surface area contributed by atoms with E-state index in [-0.39, 0.29) is 0 Å². The van der Waals surface area contributed by atoms with Crippen molar-refractivity contribution in [1.82, 2.24) is 19.9 Å². The number of benzene rings is 2. The summed E-state index contributed by atoms with van der Waals surface area (Å²) in [4.78, 5) is 16.1. The molecular formula is C25H27N5. The van der Waals surface area contributed by atoms with Crippen LogP contribution in [-0.4, -0.2) is 32.9 Å². The summed E-state index contributed by atoms with van der Waals surface area (Å²) in [5.41, 5.74) is 4.43. The molecule has 4 rings (SSSR count). The molecule has 152 valence electrons. The quantitative estimate of drug-likeness (QED) is 0.468. The summed E-state index contributed by atoms with van der Waals surface area (Å²) in [5, 5.41) is 4.58. The van der Waals surface area contributed by atoms with Gasteiger partial charge in [0.05, 0.1) is 5.52 Å². The van der Waals surface area contributed by atoms with Crippen LogP contribution in [0.3, 0.4) is 0 Å². The zero-order chi connectivity index (χ0) is 20.9. The van der Waals surface area contributed by atoms with Gasteiger partial charge in [-0.25, -0.2) is 9.97 Å². The molecule has 0 radical (unpaired) electrons. The van der Waals surface area contributed by atoms with Crippen molar-refractivity contribution < 1.29 is 0 Å². The summed E-state index contributed by atoms with van der Waals surface area (Å²) in [5.74, 6) is 1.52. The Balaban J connectivity index is 1.65. The number of hydrogen-bond donors (Lipinski definition) is 1. The number of hydrogen-bond acceptors (Lipinski definition) is 5. The molecule has 0 aliphatic rings. The molecular weight excluding hydrogens is 370 g/mol. The van der Waals surface area contributed by atoms with Gasteiger partial charge in [-0.05, 0) is 56.3 Å². The number of para-hydroxylation sites is 1. The Morgan fingerprint density at radius 3 is 2.43 bits per heavy atom. The minimum Gasteiger partial charge on any atom is -0.365 e. The highest BCUT2D eigenvalue weighted by atomic mass is 15.1. The van der Waals surface area contributed by atoms with Crippen molar-refractivity contribution in [2.24, 2.45) is 0 Å². The van der Waals surface area contributed by atoms with Crippen LogP contribution in [0.1, 0.15) is 25.0 Å². The number of anilines is 1. The van der Waals surface area contributed by atoms with Gasteiger partial charge in [0.25, 0.3) is 0 Å². The average Bonchev–Trinajstić information content (AvgIpc) is 2.78. The molecule has 5 heteroatoms. The number of pyridine rings is 1. The van der Waals surface area contributed by atoms with E-state index in [1.165, 1.54) is 11.1 Å². The van der Waals surface area contributed by atoms with E-state index >= 15 is 0 Å². The molecule has 0 spiro atoms. The lowest BCUT2D eigenvalue weighted by molar-refractivity contribution is 0.265. The van der Waals surface area contributed by atoms with Crippen LogP contribution in [-0.2, 0) is 13.1 Å². The molecule has 1 N–H and O–H groups in total. The lowest BCUT2D eigenvalue weighted by atomic mass is 10.1. The van der Waals surface area contributed by atoms with Crippen LogP contribution in [0.5, 0.6) is 0 Å². The fourth-order valence-corrected chi connectivity index (χ4v) is 3.35. The first kappa shape index (κ1) is 20.0. The molecule has 5 nitrogen and oxygen atoms in total. The fourth-order valence-electron chi connectivity index (χ4n) is 3.35. The normalized spacial score (nSPS) is 11.4. The summed E-state index contributed by atoms with van der Waals surface area (Å²) in [6.45, 7) is 6.05. The standard InChI is InChI=1S/C25H27N5/c1-18(2)30(3)17-21-10-5-4-9-19(21)16-27-25-22-12-6-7-13-23(22)28-24(29-25)20-11-8-14-26-15-20/h4-15,18H,16-17H2,1-3H3,(H,27,28,29). The molecule has 30 heavy (non-hydrogen) atoms. The van der Waals surface area contributed by atoms with E-state index in [1.54, 1.807) is 12.4 Å². The van der Waals surface area contributed by atoms with Crippen LogP contribution in [0.15, 0.2) is 73.1 Å². The first-order valence-electron chi connectivity index (χ1n) is 10.3. The average molecular weight is 398 g/mol. The maximum Gasteiger partial charge on any atom is 0.163 e. The van der Waals surface area contributed by atoms with Gasteiger partial charge in [-0.15, -0.1) is 0 Å². The highest BCUT2D eigenvalue weighted by molar-refractivity contribution is 5.90. The Labute approximate surface area is 177 Å². The minimum absolute atomic E-state index is 0.499. The fraction of sp³-hybridized carbons (Fsp3) is 0.240. The van der Waals surface area contributed by atoms with Crippen LogP contribution in [0.4, 0.5) is 5.82 Å². The van der Waals surface area contributed by atoms with E-state index in [2.05, 4.69) is 66.4 Å². The monoisotopic (exact) mass is 397 g/mol. The first-order chi connectivity index (χ1) is 14.6. The molecule has 2 aromatic carbocycles. The Hall–Kier alpha value is -3.31. The summed E-state index contributed by atoms with van der Waals surface area (Å²) >= 11 is 0. The molecule has 0 amide bonds. The van der Waals surface area contributed by atoms with Gasteiger partial charge in [-0.3, -0.25) is 9.88 Å². The van der Waals surface area contributed by atoms with Crippen molar-refractivity contribution >= 4 is 16.7 Å². The zero-order valence-corrected chi connectivity index (χ0v) is 17.7. The number of nitrogens with one attached hydrogen (secondary N) is 1. The van der Waals surface area contributed by atoms with Crippen molar-refractivity contribution in [1.29, 1.82) is 0 Å². The maximum absolute atomic E-state index is 4.83. The molecule has 0 saturated carbocycles. The number of rotatable bonds is 7. The van der Waals surface area contributed by atoms with E-state index in [0.29, 0.717) is 18.4 Å². The van der Waals surface area contributed by atoms with Crippen LogP contribution < -0.4 is 5.32 Å². The molecule has 0 fully saturated rings. The molecule has 0 saturated heterocycles. The van der Waals surface area contributed by atoms with Crippen LogP contribution in [0, 0.1) is 0 Å². The van der Waals surface area contributed by atoms with Crippen molar-refractivity contribution in [2.75, 3.05) is 12.4 Å². The second-order valence-corrected chi connectivity index (χ2v) is 7.79. The largest absolute Gasteiger partial charge is 0.365 e. The van der Waals surface area contributed by atoms with Crippen molar-refractivity contribution in [2.45, 2.75) is 33.0 Å². The van der Waals surface area contributed by atoms with Crippen LogP contribution in [0.25, 0.3) is 22.3 Å². The summed E-state index contributed by atoms with van der Waals surface area (Å²) < 4.78 is 0. The van der Waals surface area contributed by atoms with Gasteiger partial charge in [0.1, 0.15) is 5.82 Å². The van der Waals surface area contributed by atoms with E-state index in [1.807, 2.05) is 30.3 Å². The van der Waals surface area contributed by atoms with Gasteiger partial charge < -0.3 is 5.32 Å². The van der Waals surface area contributed by atoms with Gasteiger partial charge in [-0.2, -0.15) is 0 Å². The number of nitrogens with zero attached hydrogens (tertiary/aromatic N) is 4. The molecule has 2 heterocycles. The SMILES string of the molecule is CC(C)N(C)Cc1ccccc1CNc1nc(-c2cccnc2)nc2ccccc12. The number of aromatic nitrogens is 3. The third kappa shape index (κ3) is 4.47. The minimum atomic E-state index is 0.499. The zero-order valence-electron chi connectivity index (χ0n) is 17.7. The van der Waals surface area contributed by atoms with Gasteiger partial charge in [0, 0.05) is 42.5 Å². The first-order valence-corrected chi connectivity index (χ1v) is 10.3. The van der Waals surface area contributed by atoms with Gasteiger partial charge >= 0.3 is 0 Å². The topological polar surface area (TPSA) is 53.9 Å². The van der Waals surface area contributed by atoms with E-state index < -0.39 is 0 Å². The van der Waals surface area contributed by atoms with E-state index in [9.17, 15) is 0 Å². The van der Waals surface area contributed by atoms with E-state index in [0.717, 1.165) is 28.8 Å². The van der Waals surface area contributed by atoms with Crippen molar-refractivity contribution in [3.63, 3.8) is 0 Å². The highest BCUT2D eigenvalue weighted by Crippen LogP contribution is 2.25. The molecule has 2 aromatic heterocycles. The van der Waals surface area contributed by atoms with Gasteiger partial charge in [-0.1, -0.05) is 36.4 Å². The Morgan fingerprint density at radius 2 is 1.67 bits per heavy atom. The second kappa shape index (κ2) is 9.01. The maximum atomic E-state index is 4.83. The third-order valence-electron chi connectivity index (χ3n) is 5.39. The Kier molecular flexibility index (Phi) is 6.00. The summed E-state index contributed by atoms with van der Waals surface area (Å²) in [6.07, 6.45) is 3.56. The Morgan fingerprint density at radius 1 is 0.900 bits per heavy atom. The number of fused-ring (bicyclic) bond motifs is 1. The smallest absolute Gasteiger partial charge is 0.163 e. The predicted octanol–water partition coefficient (Wildman–Crippen LogP) is 5.14. The van der Waals surface area contributed by atoms with E-state index in [4.69, 9.17) is 9.97 Å². The van der Waals surface area contributed by atoms with Crippen LogP contribution in [0.2, 0.25) is 0 Å². The molecule has 0 unspecified atom stereocenters. The molecule has 0 aliphatic carbocycles. The third-order valence-corrected chi connectivity index (χ3v) is 5.39. The predicted molar refractivity (Wildman–Crippen MR) is 123 cm³/mol. The summed E-state index contributed by atoms with van der Waals surface area (Å²) in [6, 6.07) is 21.1. The van der Waals surface area contributed by atoms with Gasteiger partial charge in [0.15, 0.2) is 5.82 Å². The molecule has 0 atom stereocenters. The highest BCUT2D eigenvalue weighted by Gasteiger charge is 2.11. The molecule has 4 aromatic rings. The molecule has 0 bridgehead atoms. The lowest BCUT2D eigenvalue weighted by Crippen LogP contribution is -2.26. The van der Waals surface area contributed by atoms with Crippen molar-refractivity contribution in [3.05, 3.63) is 84.2 Å². The second-order valence-electron chi connectivity index (χ2n) is 7.79. The van der Waals surface area contributed by atoms with Gasteiger partial charge in [0.2, 0.25) is 0 Å². The Bertz CT molecular complexity index is 1120.